The molecular formula is C14H15N3O2S. The van der Waals surface area contributed by atoms with Crippen LogP contribution in [0.1, 0.15) is 33.0 Å². The van der Waals surface area contributed by atoms with Crippen molar-refractivity contribution in [2.45, 2.75) is 25.7 Å². The zero-order chi connectivity index (χ0) is 13.9. The molecule has 0 spiro atoms. The van der Waals surface area contributed by atoms with Crippen LogP contribution in [0.2, 0.25) is 0 Å². The number of rotatable bonds is 5. The molecule has 1 aliphatic carbocycles. The number of pyridine rings is 1. The lowest BCUT2D eigenvalue weighted by atomic mass is 10.1. The van der Waals surface area contributed by atoms with E-state index in [0.717, 1.165) is 41.9 Å². The molecule has 0 bridgehead atoms. The highest BCUT2D eigenvalue weighted by Crippen LogP contribution is 2.25. The Kier molecular flexibility index (Phi) is 3.64. The van der Waals surface area contributed by atoms with E-state index in [9.17, 15) is 9.90 Å². The number of carbonyl (C=O) groups is 1. The predicted octanol–water partition coefficient (Wildman–Crippen LogP) is 2.38. The molecular weight excluding hydrogens is 274 g/mol. The molecule has 0 aromatic carbocycles. The fourth-order valence-electron chi connectivity index (χ4n) is 2.43. The van der Waals surface area contributed by atoms with Gasteiger partial charge in [-0.05, 0) is 30.9 Å². The molecule has 104 valence electrons. The monoisotopic (exact) mass is 289 g/mol. The Morgan fingerprint density at radius 2 is 2.35 bits per heavy atom. The topological polar surface area (TPSA) is 75.1 Å². The van der Waals surface area contributed by atoms with E-state index < -0.39 is 5.97 Å². The Bertz CT molecular complexity index is 626. The molecule has 0 saturated carbocycles. The van der Waals surface area contributed by atoms with Gasteiger partial charge in [0.15, 0.2) is 0 Å². The summed E-state index contributed by atoms with van der Waals surface area (Å²) in [4.78, 5) is 20.0. The minimum Gasteiger partial charge on any atom is -0.478 e. The second-order valence-corrected chi connectivity index (χ2v) is 5.73. The maximum atomic E-state index is 11.3. The standard InChI is InChI=1S/C14H15N3O2S/c18-14(19)10-8-9-2-1-3-11(9)17-13(10)16-5-4-12-15-6-7-20-12/h6-8H,1-5H2,(H,16,17)(H,18,19). The molecule has 2 aromatic heterocycles. The molecule has 0 unspecified atom stereocenters. The van der Waals surface area contributed by atoms with Crippen LogP contribution in [-0.4, -0.2) is 27.6 Å². The SMILES string of the molecule is O=C(O)c1cc2c(nc1NCCc1nccs1)CCC2. The van der Waals surface area contributed by atoms with Gasteiger partial charge in [-0.25, -0.2) is 14.8 Å². The van der Waals surface area contributed by atoms with Crippen LogP contribution in [0, 0.1) is 0 Å². The molecule has 0 radical (unpaired) electrons. The third-order valence-electron chi connectivity index (χ3n) is 3.40. The number of fused-ring (bicyclic) bond motifs is 1. The average molecular weight is 289 g/mol. The predicted molar refractivity (Wildman–Crippen MR) is 77.5 cm³/mol. The summed E-state index contributed by atoms with van der Waals surface area (Å²) in [5.74, 6) is -0.446. The van der Waals surface area contributed by atoms with Crippen molar-refractivity contribution < 1.29 is 9.90 Å². The van der Waals surface area contributed by atoms with Gasteiger partial charge in [-0.1, -0.05) is 0 Å². The average Bonchev–Trinajstić information content (AvgIpc) is 3.07. The number of carboxylic acids is 1. The molecule has 2 heterocycles. The Labute approximate surface area is 120 Å². The van der Waals surface area contributed by atoms with Gasteiger partial charge >= 0.3 is 5.97 Å². The van der Waals surface area contributed by atoms with Gasteiger partial charge in [0.25, 0.3) is 0 Å². The first-order valence-electron chi connectivity index (χ1n) is 6.62. The number of hydrogen-bond acceptors (Lipinski definition) is 5. The van der Waals surface area contributed by atoms with Crippen LogP contribution < -0.4 is 5.32 Å². The van der Waals surface area contributed by atoms with Crippen molar-refractivity contribution in [1.82, 2.24) is 9.97 Å². The molecule has 0 aliphatic heterocycles. The molecule has 0 fully saturated rings. The summed E-state index contributed by atoms with van der Waals surface area (Å²) in [6, 6.07) is 1.77. The first kappa shape index (κ1) is 13.1. The highest BCUT2D eigenvalue weighted by molar-refractivity contribution is 7.09. The van der Waals surface area contributed by atoms with E-state index in [1.807, 2.05) is 5.38 Å². The van der Waals surface area contributed by atoms with Gasteiger partial charge in [0.2, 0.25) is 0 Å². The van der Waals surface area contributed by atoms with Crippen LogP contribution in [0.25, 0.3) is 0 Å². The minimum absolute atomic E-state index is 0.268. The quantitative estimate of drug-likeness (QED) is 0.884. The van der Waals surface area contributed by atoms with Crippen molar-refractivity contribution in [3.05, 3.63) is 39.5 Å². The third kappa shape index (κ3) is 2.65. The van der Waals surface area contributed by atoms with E-state index in [1.54, 1.807) is 23.6 Å². The maximum Gasteiger partial charge on any atom is 0.339 e. The molecule has 0 amide bonds. The highest BCUT2D eigenvalue weighted by Gasteiger charge is 2.19. The molecule has 0 saturated heterocycles. The van der Waals surface area contributed by atoms with Gasteiger partial charge in [0, 0.05) is 30.2 Å². The summed E-state index contributed by atoms with van der Waals surface area (Å²) < 4.78 is 0. The van der Waals surface area contributed by atoms with Crippen molar-refractivity contribution in [2.24, 2.45) is 0 Å². The van der Waals surface area contributed by atoms with E-state index in [4.69, 9.17) is 0 Å². The van der Waals surface area contributed by atoms with E-state index in [2.05, 4.69) is 15.3 Å². The summed E-state index contributed by atoms with van der Waals surface area (Å²) in [5, 5.41) is 15.4. The fraction of sp³-hybridized carbons (Fsp3) is 0.357. The Hall–Kier alpha value is -1.95. The van der Waals surface area contributed by atoms with Crippen molar-refractivity contribution in [1.29, 1.82) is 0 Å². The van der Waals surface area contributed by atoms with E-state index >= 15 is 0 Å². The largest absolute Gasteiger partial charge is 0.478 e. The number of carboxylic acid groups (broad SMARTS) is 1. The minimum atomic E-state index is -0.927. The van der Waals surface area contributed by atoms with E-state index in [-0.39, 0.29) is 5.56 Å². The zero-order valence-electron chi connectivity index (χ0n) is 10.9. The molecule has 0 atom stereocenters. The van der Waals surface area contributed by atoms with Crippen molar-refractivity contribution in [3.8, 4) is 0 Å². The van der Waals surface area contributed by atoms with Crippen LogP contribution >= 0.6 is 11.3 Å². The van der Waals surface area contributed by atoms with Crippen LogP contribution in [0.15, 0.2) is 17.6 Å². The van der Waals surface area contributed by atoms with Gasteiger partial charge < -0.3 is 10.4 Å². The van der Waals surface area contributed by atoms with Crippen LogP contribution in [0.3, 0.4) is 0 Å². The first-order valence-corrected chi connectivity index (χ1v) is 7.50. The normalized spacial score (nSPS) is 13.2. The molecule has 5 nitrogen and oxygen atoms in total. The number of anilines is 1. The third-order valence-corrected chi connectivity index (χ3v) is 4.24. The van der Waals surface area contributed by atoms with Crippen LogP contribution in [0.5, 0.6) is 0 Å². The van der Waals surface area contributed by atoms with Crippen LogP contribution in [-0.2, 0) is 19.3 Å². The lowest BCUT2D eigenvalue weighted by Crippen LogP contribution is -2.12. The lowest BCUT2D eigenvalue weighted by Gasteiger charge is -2.10. The summed E-state index contributed by atoms with van der Waals surface area (Å²) in [7, 11) is 0. The van der Waals surface area contributed by atoms with Gasteiger partial charge in [0.05, 0.1) is 5.01 Å². The number of aromatic nitrogens is 2. The van der Waals surface area contributed by atoms with Gasteiger partial charge in [-0.2, -0.15) is 0 Å². The second kappa shape index (κ2) is 5.58. The number of aromatic carboxylic acids is 1. The Morgan fingerprint density at radius 3 is 3.10 bits per heavy atom. The van der Waals surface area contributed by atoms with Crippen molar-refractivity contribution in [2.75, 3.05) is 11.9 Å². The smallest absolute Gasteiger partial charge is 0.339 e. The maximum absolute atomic E-state index is 11.3. The van der Waals surface area contributed by atoms with E-state index in [1.165, 1.54) is 0 Å². The van der Waals surface area contributed by atoms with Gasteiger partial charge in [-0.3, -0.25) is 0 Å². The molecule has 3 rings (SSSR count). The lowest BCUT2D eigenvalue weighted by molar-refractivity contribution is 0.0697. The summed E-state index contributed by atoms with van der Waals surface area (Å²) in [6.45, 7) is 0.638. The molecule has 2 N–H and O–H groups in total. The number of aryl methyl sites for hydroxylation is 2. The number of thiazole rings is 1. The van der Waals surface area contributed by atoms with E-state index in [0.29, 0.717) is 12.4 Å². The van der Waals surface area contributed by atoms with Crippen molar-refractivity contribution in [3.63, 3.8) is 0 Å². The number of nitrogens with one attached hydrogen (secondary N) is 1. The molecule has 2 aromatic rings. The number of hydrogen-bond donors (Lipinski definition) is 2. The highest BCUT2D eigenvalue weighted by atomic mass is 32.1. The Balaban J connectivity index is 1.75. The second-order valence-electron chi connectivity index (χ2n) is 4.75. The van der Waals surface area contributed by atoms with Gasteiger partial charge in [0.1, 0.15) is 11.4 Å². The molecule has 6 heteroatoms. The zero-order valence-corrected chi connectivity index (χ0v) is 11.7. The van der Waals surface area contributed by atoms with Crippen molar-refractivity contribution >= 4 is 23.1 Å². The summed E-state index contributed by atoms with van der Waals surface area (Å²) >= 11 is 1.60. The fourth-order valence-corrected chi connectivity index (χ4v) is 3.05. The van der Waals surface area contributed by atoms with Gasteiger partial charge in [-0.15, -0.1) is 11.3 Å². The summed E-state index contributed by atoms with van der Waals surface area (Å²) in [5.41, 5.74) is 2.38. The summed E-state index contributed by atoms with van der Waals surface area (Å²) in [6.07, 6.45) is 5.48. The molecule has 20 heavy (non-hydrogen) atoms. The van der Waals surface area contributed by atoms with Crippen LogP contribution in [0.4, 0.5) is 5.82 Å². The Morgan fingerprint density at radius 1 is 1.45 bits per heavy atom. The molecule has 1 aliphatic rings. The number of nitrogens with zero attached hydrogens (tertiary/aromatic N) is 2. The first-order chi connectivity index (χ1) is 9.74.